The van der Waals surface area contributed by atoms with Gasteiger partial charge in [-0.2, -0.15) is 0 Å². The van der Waals surface area contributed by atoms with Crippen LogP contribution in [0.2, 0.25) is 0 Å². The third-order valence-corrected chi connectivity index (χ3v) is 3.01. The molecule has 0 saturated heterocycles. The van der Waals surface area contributed by atoms with Crippen molar-refractivity contribution in [3.63, 3.8) is 0 Å². The van der Waals surface area contributed by atoms with Gasteiger partial charge in [0.2, 0.25) is 0 Å². The minimum absolute atomic E-state index is 0.385. The van der Waals surface area contributed by atoms with Gasteiger partial charge in [-0.1, -0.05) is 30.3 Å². The molecule has 1 aromatic carbocycles. The van der Waals surface area contributed by atoms with E-state index < -0.39 is 49.3 Å². The van der Waals surface area contributed by atoms with Gasteiger partial charge in [-0.05, 0) is 12.0 Å². The first kappa shape index (κ1) is 22.1. The van der Waals surface area contributed by atoms with Gasteiger partial charge in [0.1, 0.15) is 31.0 Å². The Bertz CT molecular complexity index is 496. The van der Waals surface area contributed by atoms with E-state index in [2.05, 4.69) is 0 Å². The molecule has 1 aromatic rings. The number of carbonyl (C=O) groups excluding carboxylic acids is 1. The number of aliphatic hydroxyl groups excluding tert-OH is 5. The Morgan fingerprint density at radius 1 is 1.04 bits per heavy atom. The van der Waals surface area contributed by atoms with Crippen LogP contribution in [0, 0.1) is 0 Å². The highest BCUT2D eigenvalue weighted by molar-refractivity contribution is 5.84. The molecule has 0 radical (unpaired) electrons. The summed E-state index contributed by atoms with van der Waals surface area (Å²) in [6.07, 6.45) is -4.84. The molecule has 0 spiro atoms. The zero-order valence-corrected chi connectivity index (χ0v) is 12.9. The topological polar surface area (TPSA) is 182 Å². The third kappa shape index (κ3) is 8.11. The third-order valence-electron chi connectivity index (χ3n) is 3.01. The molecule has 0 aliphatic carbocycles. The Morgan fingerprint density at radius 3 is 2.00 bits per heavy atom. The summed E-state index contributed by atoms with van der Waals surface area (Å²) < 4.78 is 0. The molecule has 0 aliphatic rings. The minimum Gasteiger partial charge on any atom is -0.480 e. The van der Waals surface area contributed by atoms with E-state index in [9.17, 15) is 9.59 Å². The van der Waals surface area contributed by atoms with Crippen molar-refractivity contribution in [2.75, 3.05) is 13.2 Å². The van der Waals surface area contributed by atoms with E-state index in [1.807, 2.05) is 30.3 Å². The van der Waals surface area contributed by atoms with Crippen LogP contribution < -0.4 is 5.73 Å². The van der Waals surface area contributed by atoms with Crippen molar-refractivity contribution < 1.29 is 40.2 Å². The number of ketones is 1. The van der Waals surface area contributed by atoms with Crippen LogP contribution in [-0.2, 0) is 16.0 Å². The number of carboxylic acids is 1. The van der Waals surface area contributed by atoms with E-state index in [1.54, 1.807) is 0 Å². The number of benzene rings is 1. The maximum Gasteiger partial charge on any atom is 0.320 e. The lowest BCUT2D eigenvalue weighted by Crippen LogP contribution is -2.44. The maximum absolute atomic E-state index is 10.5. The van der Waals surface area contributed by atoms with Gasteiger partial charge in [0.25, 0.3) is 0 Å². The van der Waals surface area contributed by atoms with Gasteiger partial charge in [-0.3, -0.25) is 9.59 Å². The smallest absolute Gasteiger partial charge is 0.320 e. The highest BCUT2D eigenvalue weighted by Crippen LogP contribution is 2.01. The van der Waals surface area contributed by atoms with Crippen molar-refractivity contribution in [1.82, 2.24) is 0 Å². The molecule has 4 atom stereocenters. The molecule has 4 unspecified atom stereocenters. The number of rotatable bonds is 8. The van der Waals surface area contributed by atoms with Crippen LogP contribution in [0.25, 0.3) is 0 Å². The summed E-state index contributed by atoms with van der Waals surface area (Å²) in [5.41, 5.74) is 6.30. The number of nitrogens with two attached hydrogens (primary N) is 1. The molecule has 8 N–H and O–H groups in total. The highest BCUT2D eigenvalue weighted by Gasteiger charge is 2.28. The standard InChI is InChI=1S/C9H11NO2.C6H12O6/c10-8(9(11)12)6-7-4-2-1-3-5-7;7-1-3(9)5(11)6(12)4(10)2-8/h1-5,8H,6,10H2,(H,11,12);3,5-9,11-12H,1-2H2. The highest BCUT2D eigenvalue weighted by atomic mass is 16.4. The molecule has 136 valence electrons. The fraction of sp³-hybridized carbons (Fsp3) is 0.467. The first-order chi connectivity index (χ1) is 11.2. The van der Waals surface area contributed by atoms with Crippen molar-refractivity contribution in [3.8, 4) is 0 Å². The molecule has 0 bridgehead atoms. The van der Waals surface area contributed by atoms with Crippen LogP contribution in [0.4, 0.5) is 0 Å². The van der Waals surface area contributed by atoms with E-state index in [-0.39, 0.29) is 0 Å². The largest absolute Gasteiger partial charge is 0.480 e. The van der Waals surface area contributed by atoms with Crippen LogP contribution in [0.5, 0.6) is 0 Å². The monoisotopic (exact) mass is 345 g/mol. The van der Waals surface area contributed by atoms with E-state index in [0.717, 1.165) is 5.56 Å². The predicted molar refractivity (Wildman–Crippen MR) is 83.0 cm³/mol. The molecule has 9 heteroatoms. The summed E-state index contributed by atoms with van der Waals surface area (Å²) in [6.45, 7) is -1.69. The summed E-state index contributed by atoms with van der Waals surface area (Å²) in [5, 5.41) is 51.6. The lowest BCUT2D eigenvalue weighted by atomic mass is 10.1. The molecular weight excluding hydrogens is 322 g/mol. The van der Waals surface area contributed by atoms with Gasteiger partial charge in [0.05, 0.1) is 6.61 Å². The molecule has 0 fully saturated rings. The van der Waals surface area contributed by atoms with Crippen LogP contribution in [0.3, 0.4) is 0 Å². The number of carboxylic acid groups (broad SMARTS) is 1. The number of hydrogen-bond donors (Lipinski definition) is 7. The Balaban J connectivity index is 0.000000441. The van der Waals surface area contributed by atoms with E-state index >= 15 is 0 Å². The number of hydrogen-bond acceptors (Lipinski definition) is 8. The second kappa shape index (κ2) is 11.6. The van der Waals surface area contributed by atoms with E-state index in [4.69, 9.17) is 36.4 Å². The average molecular weight is 345 g/mol. The van der Waals surface area contributed by atoms with Crippen LogP contribution in [-0.4, -0.2) is 80.0 Å². The molecule has 0 aromatic heterocycles. The number of Topliss-reactive ketones (excluding diaryl/α,β-unsaturated/α-hetero) is 1. The Hall–Kier alpha value is -1.88. The van der Waals surface area contributed by atoms with Gasteiger partial charge >= 0.3 is 5.97 Å². The summed E-state index contributed by atoms with van der Waals surface area (Å²) in [4.78, 5) is 20.9. The number of aliphatic carboxylic acids is 1. The molecule has 0 aliphatic heterocycles. The molecular formula is C15H23NO8. The van der Waals surface area contributed by atoms with Gasteiger partial charge in [0, 0.05) is 0 Å². The summed E-state index contributed by atoms with van der Waals surface area (Å²) in [6, 6.07) is 8.54. The van der Waals surface area contributed by atoms with Crippen molar-refractivity contribution >= 4 is 11.8 Å². The number of aliphatic hydroxyl groups is 5. The SMILES string of the molecule is NC(Cc1ccccc1)C(=O)O.O=C(CO)C(O)C(O)C(O)CO. The minimum atomic E-state index is -1.86. The molecule has 24 heavy (non-hydrogen) atoms. The molecule has 0 heterocycles. The van der Waals surface area contributed by atoms with E-state index in [0.29, 0.717) is 6.42 Å². The predicted octanol–water partition coefficient (Wildman–Crippen LogP) is -2.74. The van der Waals surface area contributed by atoms with Crippen LogP contribution in [0.15, 0.2) is 30.3 Å². The fourth-order valence-corrected chi connectivity index (χ4v) is 1.56. The Morgan fingerprint density at radius 2 is 1.58 bits per heavy atom. The quantitative estimate of drug-likeness (QED) is 0.263. The van der Waals surface area contributed by atoms with Crippen LogP contribution >= 0.6 is 0 Å². The van der Waals surface area contributed by atoms with Crippen LogP contribution in [0.1, 0.15) is 5.56 Å². The van der Waals surface area contributed by atoms with Crippen molar-refractivity contribution in [3.05, 3.63) is 35.9 Å². The number of carbonyl (C=O) groups is 2. The summed E-state index contributed by atoms with van der Waals surface area (Å²) in [5.74, 6) is -1.96. The second-order valence-corrected chi connectivity index (χ2v) is 4.94. The lowest BCUT2D eigenvalue weighted by Gasteiger charge is -2.19. The second-order valence-electron chi connectivity index (χ2n) is 4.94. The Kier molecular flexibility index (Phi) is 10.7. The normalized spacial score (nSPS) is 15.4. The first-order valence-corrected chi connectivity index (χ1v) is 7.05. The first-order valence-electron chi connectivity index (χ1n) is 7.05. The van der Waals surface area contributed by atoms with Gasteiger partial charge in [-0.15, -0.1) is 0 Å². The van der Waals surface area contributed by atoms with Gasteiger partial charge < -0.3 is 36.4 Å². The zero-order chi connectivity index (χ0) is 18.7. The van der Waals surface area contributed by atoms with Gasteiger partial charge in [0.15, 0.2) is 5.78 Å². The molecule has 1 rings (SSSR count). The molecule has 0 saturated carbocycles. The summed E-state index contributed by atoms with van der Waals surface area (Å²) in [7, 11) is 0. The maximum atomic E-state index is 10.5. The molecule has 9 nitrogen and oxygen atoms in total. The van der Waals surface area contributed by atoms with Crippen molar-refractivity contribution in [1.29, 1.82) is 0 Å². The van der Waals surface area contributed by atoms with Crippen molar-refractivity contribution in [2.24, 2.45) is 5.73 Å². The summed E-state index contributed by atoms with van der Waals surface area (Å²) >= 11 is 0. The molecule has 0 amide bonds. The Labute approximate surface area is 138 Å². The van der Waals surface area contributed by atoms with E-state index in [1.165, 1.54) is 0 Å². The lowest BCUT2D eigenvalue weighted by molar-refractivity contribution is -0.142. The average Bonchev–Trinajstić information content (AvgIpc) is 2.60. The zero-order valence-electron chi connectivity index (χ0n) is 12.9. The fourth-order valence-electron chi connectivity index (χ4n) is 1.56. The van der Waals surface area contributed by atoms with Crippen molar-refractivity contribution in [2.45, 2.75) is 30.8 Å². The van der Waals surface area contributed by atoms with Gasteiger partial charge in [-0.25, -0.2) is 0 Å².